The van der Waals surface area contributed by atoms with Crippen LogP contribution in [-0.2, 0) is 14.4 Å². The molecule has 10 nitrogen and oxygen atoms in total. The maximum atomic E-state index is 12.3. The second kappa shape index (κ2) is 15.5. The monoisotopic (exact) mass is 566 g/mol. The van der Waals surface area contributed by atoms with Gasteiger partial charge in [0.05, 0.1) is 6.54 Å². The van der Waals surface area contributed by atoms with Crippen LogP contribution >= 0.6 is 0 Å². The van der Waals surface area contributed by atoms with Gasteiger partial charge in [-0.1, -0.05) is 6.42 Å². The molecule has 224 valence electrons. The van der Waals surface area contributed by atoms with E-state index >= 15 is 0 Å². The van der Waals surface area contributed by atoms with Crippen molar-refractivity contribution in [2.24, 2.45) is 5.73 Å². The third-order valence-corrected chi connectivity index (χ3v) is 7.36. The number of anilines is 1. The molecule has 3 aliphatic rings. The Balaban J connectivity index is 0.000000409. The molecule has 0 atom stereocenters. The molecule has 3 amide bonds. The predicted molar refractivity (Wildman–Crippen MR) is 164 cm³/mol. The number of hydrogen-bond donors (Lipinski definition) is 2. The number of aryl methyl sites for hydroxylation is 1. The number of fused-ring (bicyclic) bond motifs is 1. The molecule has 0 bridgehead atoms. The fourth-order valence-electron chi connectivity index (χ4n) is 5.21. The van der Waals surface area contributed by atoms with Crippen molar-refractivity contribution in [3.8, 4) is 6.07 Å². The SMILES string of the molecule is C=C.Cc1cc2cc(N/C(N)=C(\C#N)C(=O)N3CCCC3)ccc2o1.O=C(CN1CCCCCC1=O)N1CCCC1.[HH].[HH]. The summed E-state index contributed by atoms with van der Waals surface area (Å²) in [7, 11) is 0. The standard InChI is InChI=1S/C17H18N4O2.C12H20N2O2.C2H4.2H2/c1-11-8-12-9-13(4-5-15(12)23-11)20-16(19)14(10-18)17(22)21-6-2-3-7-21;15-11-6-2-1-3-9-14(11)10-12(16)13-7-4-5-8-13;1-2;;/h4-5,8-9,20H,2-3,6-7,19H2,1H3;1-10H2;1-2H2;2*1H/b16-14+;;;;. The van der Waals surface area contributed by atoms with Crippen LogP contribution in [0.15, 0.2) is 53.2 Å². The largest absolute Gasteiger partial charge is 0.461 e. The van der Waals surface area contributed by atoms with Crippen molar-refractivity contribution in [2.75, 3.05) is 44.6 Å². The normalized spacial score (nSPS) is 17.5. The molecule has 1 aromatic heterocycles. The van der Waals surface area contributed by atoms with Gasteiger partial charge in [0.25, 0.3) is 5.91 Å². The Labute approximate surface area is 245 Å². The molecule has 3 saturated heterocycles. The summed E-state index contributed by atoms with van der Waals surface area (Å²) >= 11 is 0. The highest BCUT2D eigenvalue weighted by Gasteiger charge is 2.25. The average Bonchev–Trinajstić information content (AvgIpc) is 3.74. The summed E-state index contributed by atoms with van der Waals surface area (Å²) in [5, 5.41) is 13.2. The Hall–Kier alpha value is -4.26. The Morgan fingerprint density at radius 1 is 1.00 bits per heavy atom. The van der Waals surface area contributed by atoms with Gasteiger partial charge in [-0.25, -0.2) is 0 Å². The van der Waals surface area contributed by atoms with E-state index < -0.39 is 0 Å². The minimum atomic E-state index is -0.310. The fourth-order valence-corrected chi connectivity index (χ4v) is 5.21. The van der Waals surface area contributed by atoms with Crippen LogP contribution in [0.2, 0.25) is 0 Å². The van der Waals surface area contributed by atoms with Crippen molar-refractivity contribution in [3.05, 3.63) is 54.6 Å². The first-order valence-electron chi connectivity index (χ1n) is 14.4. The highest BCUT2D eigenvalue weighted by molar-refractivity contribution is 5.98. The lowest BCUT2D eigenvalue weighted by Gasteiger charge is -2.23. The predicted octanol–water partition coefficient (Wildman–Crippen LogP) is 4.78. The molecule has 3 fully saturated rings. The average molecular weight is 567 g/mol. The van der Waals surface area contributed by atoms with E-state index in [-0.39, 0.29) is 32.0 Å². The zero-order valence-corrected chi connectivity index (χ0v) is 24.1. The van der Waals surface area contributed by atoms with E-state index in [4.69, 9.17) is 10.2 Å². The van der Waals surface area contributed by atoms with E-state index in [0.717, 1.165) is 81.3 Å². The zero-order valence-electron chi connectivity index (χ0n) is 24.1. The van der Waals surface area contributed by atoms with Crippen LogP contribution in [0.25, 0.3) is 11.0 Å². The maximum absolute atomic E-state index is 12.3. The molecule has 0 unspecified atom stereocenters. The molecule has 4 heterocycles. The lowest BCUT2D eigenvalue weighted by Crippen LogP contribution is -2.41. The highest BCUT2D eigenvalue weighted by Crippen LogP contribution is 2.23. The lowest BCUT2D eigenvalue weighted by molar-refractivity contribution is -0.139. The molecule has 2 aromatic rings. The van der Waals surface area contributed by atoms with E-state index in [2.05, 4.69) is 18.5 Å². The topological polar surface area (TPSA) is 136 Å². The van der Waals surface area contributed by atoms with Crippen molar-refractivity contribution in [1.29, 1.82) is 5.26 Å². The van der Waals surface area contributed by atoms with Gasteiger partial charge in [-0.15, -0.1) is 13.2 Å². The summed E-state index contributed by atoms with van der Waals surface area (Å²) < 4.78 is 5.52. The van der Waals surface area contributed by atoms with Crippen LogP contribution in [0.3, 0.4) is 0 Å². The Kier molecular flexibility index (Phi) is 11.8. The van der Waals surface area contributed by atoms with Gasteiger partial charge in [0.1, 0.15) is 23.2 Å². The number of nitrogens with zero attached hydrogens (tertiary/aromatic N) is 4. The summed E-state index contributed by atoms with van der Waals surface area (Å²) in [6.07, 6.45) is 7.90. The second-order valence-corrected chi connectivity index (χ2v) is 10.3. The van der Waals surface area contributed by atoms with Gasteiger partial charge in [0.2, 0.25) is 11.8 Å². The van der Waals surface area contributed by atoms with Crippen molar-refractivity contribution in [2.45, 2.75) is 58.3 Å². The van der Waals surface area contributed by atoms with Gasteiger partial charge in [-0.05, 0) is 69.7 Å². The van der Waals surface area contributed by atoms with Gasteiger partial charge in [0, 0.05) is 53.1 Å². The molecule has 10 heteroatoms. The molecule has 41 heavy (non-hydrogen) atoms. The quantitative estimate of drug-likeness (QED) is 0.302. The third-order valence-electron chi connectivity index (χ3n) is 7.36. The van der Waals surface area contributed by atoms with E-state index in [1.165, 1.54) is 0 Å². The summed E-state index contributed by atoms with van der Waals surface area (Å²) in [5.74, 6) is 0.875. The summed E-state index contributed by atoms with van der Waals surface area (Å²) in [6.45, 7) is 12.1. The number of benzene rings is 1. The Morgan fingerprint density at radius 2 is 1.63 bits per heavy atom. The van der Waals surface area contributed by atoms with Gasteiger partial charge in [-0.2, -0.15) is 5.26 Å². The lowest BCUT2D eigenvalue weighted by atomic mass is 10.2. The zero-order chi connectivity index (χ0) is 29.8. The molecule has 3 N–H and O–H groups in total. The van der Waals surface area contributed by atoms with Crippen LogP contribution in [-0.4, -0.2) is 71.7 Å². The number of amides is 3. The van der Waals surface area contributed by atoms with E-state index in [1.54, 1.807) is 15.9 Å². The Bertz CT molecular complexity index is 1290. The fraction of sp³-hybridized carbons (Fsp3) is 0.484. The Morgan fingerprint density at radius 3 is 2.29 bits per heavy atom. The number of carbonyl (C=O) groups excluding carboxylic acids is 3. The number of nitriles is 1. The summed E-state index contributed by atoms with van der Waals surface area (Å²) in [6, 6.07) is 9.33. The van der Waals surface area contributed by atoms with E-state index in [0.29, 0.717) is 31.7 Å². The van der Waals surface area contributed by atoms with Crippen LogP contribution in [0.5, 0.6) is 0 Å². The number of furan rings is 1. The van der Waals surface area contributed by atoms with Crippen LogP contribution in [0.4, 0.5) is 5.69 Å². The molecule has 1 aromatic carbocycles. The first-order valence-corrected chi connectivity index (χ1v) is 14.4. The van der Waals surface area contributed by atoms with Gasteiger partial charge < -0.3 is 30.2 Å². The van der Waals surface area contributed by atoms with Gasteiger partial charge >= 0.3 is 0 Å². The highest BCUT2D eigenvalue weighted by atomic mass is 16.3. The van der Waals surface area contributed by atoms with Crippen molar-refractivity contribution in [1.82, 2.24) is 14.7 Å². The number of rotatable bonds is 5. The summed E-state index contributed by atoms with van der Waals surface area (Å²) in [4.78, 5) is 41.3. The minimum absolute atomic E-state index is 0. The molecule has 0 saturated carbocycles. The van der Waals surface area contributed by atoms with Crippen molar-refractivity contribution >= 4 is 34.4 Å². The molecule has 3 aliphatic heterocycles. The molecule has 0 radical (unpaired) electrons. The molecule has 0 aliphatic carbocycles. The smallest absolute Gasteiger partial charge is 0.268 e. The number of carbonyl (C=O) groups is 3. The van der Waals surface area contributed by atoms with Gasteiger partial charge in [0.15, 0.2) is 5.57 Å². The number of nitrogens with two attached hydrogens (primary N) is 1. The number of likely N-dealkylation sites (tertiary alicyclic amines) is 3. The van der Waals surface area contributed by atoms with Crippen LogP contribution < -0.4 is 11.1 Å². The molecular formula is C31H46N6O4. The molecular weight excluding hydrogens is 520 g/mol. The van der Waals surface area contributed by atoms with Crippen LogP contribution in [0.1, 0.15) is 60.0 Å². The second-order valence-electron chi connectivity index (χ2n) is 10.3. The minimum Gasteiger partial charge on any atom is -0.461 e. The van der Waals surface area contributed by atoms with Gasteiger partial charge in [-0.3, -0.25) is 14.4 Å². The third kappa shape index (κ3) is 8.61. The van der Waals surface area contributed by atoms with Crippen molar-refractivity contribution < 1.29 is 21.7 Å². The number of nitrogens with one attached hydrogen (secondary N) is 1. The van der Waals surface area contributed by atoms with Crippen LogP contribution in [0, 0.1) is 18.3 Å². The summed E-state index contributed by atoms with van der Waals surface area (Å²) in [5.41, 5.74) is 7.40. The first-order chi connectivity index (χ1) is 19.9. The van der Waals surface area contributed by atoms with E-state index in [9.17, 15) is 19.6 Å². The van der Waals surface area contributed by atoms with Crippen molar-refractivity contribution in [3.63, 3.8) is 0 Å². The number of hydrogen-bond acceptors (Lipinski definition) is 7. The first kappa shape index (κ1) is 31.3. The maximum Gasteiger partial charge on any atom is 0.268 e. The van der Waals surface area contributed by atoms with E-state index in [1.807, 2.05) is 36.1 Å². The molecule has 0 spiro atoms. The molecule has 5 rings (SSSR count).